The summed E-state index contributed by atoms with van der Waals surface area (Å²) in [5.41, 5.74) is 0.663. The van der Waals surface area contributed by atoms with Gasteiger partial charge in [0.05, 0.1) is 23.9 Å². The van der Waals surface area contributed by atoms with Crippen molar-refractivity contribution in [3.63, 3.8) is 0 Å². The summed E-state index contributed by atoms with van der Waals surface area (Å²) in [5, 5.41) is 2.60. The van der Waals surface area contributed by atoms with Crippen molar-refractivity contribution in [2.24, 2.45) is 5.92 Å². The van der Waals surface area contributed by atoms with Crippen molar-refractivity contribution < 1.29 is 28.7 Å². The summed E-state index contributed by atoms with van der Waals surface area (Å²) in [4.78, 5) is 52.7. The largest absolute Gasteiger partial charge is 0.495 e. The van der Waals surface area contributed by atoms with E-state index >= 15 is 0 Å². The van der Waals surface area contributed by atoms with Crippen LogP contribution in [0.25, 0.3) is 0 Å². The topological polar surface area (TPSA) is 102 Å². The number of hydrogen-bond acceptors (Lipinski definition) is 6. The van der Waals surface area contributed by atoms with Crippen LogP contribution in [-0.4, -0.2) is 48.3 Å². The molecule has 1 unspecified atom stereocenters. The Labute approximate surface area is 229 Å². The fourth-order valence-corrected chi connectivity index (χ4v) is 5.91. The summed E-state index contributed by atoms with van der Waals surface area (Å²) in [7, 11) is 1.47. The number of para-hydroxylation sites is 2. The molecule has 1 atom stereocenters. The molecule has 0 fully saturated rings. The maximum Gasteiger partial charge on any atom is 0.330 e. The van der Waals surface area contributed by atoms with Crippen molar-refractivity contribution in [2.45, 2.75) is 19.9 Å². The molecule has 0 saturated carbocycles. The Hall–Kier alpha value is -1.76. The van der Waals surface area contributed by atoms with Crippen molar-refractivity contribution in [2.75, 3.05) is 19.0 Å². The molecule has 0 aliphatic carbocycles. The number of rotatable bonds is 7. The smallest absolute Gasteiger partial charge is 0.330 e. The number of nitrogens with one attached hydrogen (secondary N) is 1. The number of fused-ring (bicyclic) bond motifs is 1. The maximum atomic E-state index is 13.3. The number of halogens is 4. The lowest BCUT2D eigenvalue weighted by atomic mass is 10.0. The number of hydrogen-bond donors (Lipinski definition) is 1. The molecule has 1 N–H and O–H groups in total. The molecule has 8 nitrogen and oxygen atoms in total. The van der Waals surface area contributed by atoms with Crippen molar-refractivity contribution in [3.05, 3.63) is 53.3 Å². The Bertz CT molecular complexity index is 1150. The predicted molar refractivity (Wildman–Crippen MR) is 139 cm³/mol. The summed E-state index contributed by atoms with van der Waals surface area (Å²) in [6.07, 6.45) is 0. The van der Waals surface area contributed by atoms with Gasteiger partial charge in [-0.25, -0.2) is 4.79 Å². The van der Waals surface area contributed by atoms with Gasteiger partial charge in [-0.05, 0) is 81.8 Å². The molecule has 2 aromatic rings. The second kappa shape index (κ2) is 10.9. The molecule has 3 rings (SSSR count). The third-order valence-corrected chi connectivity index (χ3v) is 9.78. The Morgan fingerprint density at radius 1 is 0.941 bits per heavy atom. The molecule has 0 aromatic heterocycles. The fourth-order valence-electron chi connectivity index (χ4n) is 3.45. The normalized spacial score (nSPS) is 13.7. The van der Waals surface area contributed by atoms with Gasteiger partial charge in [0.2, 0.25) is 0 Å². The van der Waals surface area contributed by atoms with Crippen molar-refractivity contribution in [1.29, 1.82) is 0 Å². The third kappa shape index (κ3) is 4.95. The first-order valence-electron chi connectivity index (χ1n) is 9.84. The Morgan fingerprint density at radius 3 is 1.97 bits per heavy atom. The molecule has 2 aromatic carbocycles. The SMILES string of the molecule is COc1ccccc1NC(=O)COC(=O)C(C(C)C)N1C(=O)c2c(Br)c(Br)c(Br)c(Br)c2C1=O. The minimum Gasteiger partial charge on any atom is -0.495 e. The van der Waals surface area contributed by atoms with Gasteiger partial charge in [-0.3, -0.25) is 19.3 Å². The monoisotopic (exact) mass is 722 g/mol. The number of carbonyl (C=O) groups is 4. The van der Waals surface area contributed by atoms with E-state index in [1.807, 2.05) is 0 Å². The molecule has 34 heavy (non-hydrogen) atoms. The van der Waals surface area contributed by atoms with E-state index in [9.17, 15) is 19.2 Å². The Morgan fingerprint density at radius 2 is 1.47 bits per heavy atom. The summed E-state index contributed by atoms with van der Waals surface area (Å²) in [6, 6.07) is 5.54. The van der Waals surface area contributed by atoms with Crippen LogP contribution in [0.4, 0.5) is 5.69 Å². The van der Waals surface area contributed by atoms with Crippen LogP contribution in [0.3, 0.4) is 0 Å². The van der Waals surface area contributed by atoms with Gasteiger partial charge >= 0.3 is 5.97 Å². The van der Waals surface area contributed by atoms with E-state index in [0.717, 1.165) is 4.90 Å². The predicted octanol–water partition coefficient (Wildman–Crippen LogP) is 5.55. The standard InChI is InChI=1S/C22H18Br4N2O6/c1-9(2)19(22(32)34-8-12(29)27-10-6-4-5-7-11(10)33-3)28-20(30)13-14(21(28)31)16(24)18(26)17(25)15(13)23/h4-7,9,19H,8H2,1-3H3,(H,27,29). The van der Waals surface area contributed by atoms with Crippen LogP contribution >= 0.6 is 63.7 Å². The van der Waals surface area contributed by atoms with Gasteiger partial charge in [0.15, 0.2) is 6.61 Å². The van der Waals surface area contributed by atoms with Gasteiger partial charge in [0.25, 0.3) is 17.7 Å². The lowest BCUT2D eigenvalue weighted by Crippen LogP contribution is -2.49. The molecule has 0 saturated heterocycles. The zero-order valence-electron chi connectivity index (χ0n) is 18.1. The van der Waals surface area contributed by atoms with Crippen LogP contribution in [0.15, 0.2) is 42.2 Å². The average Bonchev–Trinajstić information content (AvgIpc) is 3.05. The lowest BCUT2D eigenvalue weighted by molar-refractivity contribution is -0.152. The van der Waals surface area contributed by atoms with Crippen LogP contribution < -0.4 is 10.1 Å². The molecule has 1 heterocycles. The first-order valence-corrected chi connectivity index (χ1v) is 13.0. The van der Waals surface area contributed by atoms with E-state index in [-0.39, 0.29) is 11.1 Å². The van der Waals surface area contributed by atoms with Crippen molar-refractivity contribution >= 4 is 93.1 Å². The molecular formula is C22H18Br4N2O6. The number of nitrogens with zero attached hydrogens (tertiary/aromatic N) is 1. The van der Waals surface area contributed by atoms with Gasteiger partial charge < -0.3 is 14.8 Å². The summed E-state index contributed by atoms with van der Waals surface area (Å²) in [6.45, 7) is 2.76. The number of carbonyl (C=O) groups excluding carboxylic acids is 4. The highest BCUT2D eigenvalue weighted by atomic mass is 79.9. The van der Waals surface area contributed by atoms with Gasteiger partial charge in [-0.2, -0.15) is 0 Å². The van der Waals surface area contributed by atoms with Crippen molar-refractivity contribution in [3.8, 4) is 5.75 Å². The molecule has 0 spiro atoms. The lowest BCUT2D eigenvalue weighted by Gasteiger charge is -2.27. The summed E-state index contributed by atoms with van der Waals surface area (Å²) in [5.74, 6) is -2.78. The first-order chi connectivity index (χ1) is 16.0. The zero-order chi connectivity index (χ0) is 25.3. The number of imide groups is 1. The molecular weight excluding hydrogens is 708 g/mol. The third-order valence-electron chi connectivity index (χ3n) is 5.01. The van der Waals surface area contributed by atoms with Gasteiger partial charge in [-0.1, -0.05) is 26.0 Å². The van der Waals surface area contributed by atoms with Crippen LogP contribution in [0.5, 0.6) is 5.75 Å². The number of methoxy groups -OCH3 is 1. The highest BCUT2D eigenvalue weighted by molar-refractivity contribution is 9.15. The summed E-state index contributed by atoms with van der Waals surface area (Å²) < 4.78 is 12.2. The number of anilines is 1. The average molecular weight is 726 g/mol. The molecule has 12 heteroatoms. The molecule has 0 bridgehead atoms. The van der Waals surface area contributed by atoms with Crippen LogP contribution in [-0.2, 0) is 14.3 Å². The van der Waals surface area contributed by atoms with Crippen LogP contribution in [0, 0.1) is 5.92 Å². The molecule has 0 radical (unpaired) electrons. The van der Waals surface area contributed by atoms with Crippen molar-refractivity contribution in [1.82, 2.24) is 4.90 Å². The van der Waals surface area contributed by atoms with E-state index in [2.05, 4.69) is 69.0 Å². The molecule has 3 amide bonds. The quantitative estimate of drug-likeness (QED) is 0.174. The Kier molecular flexibility index (Phi) is 8.59. The van der Waals surface area contributed by atoms with E-state index in [1.54, 1.807) is 38.1 Å². The minimum absolute atomic E-state index is 0.124. The number of esters is 1. The highest BCUT2D eigenvalue weighted by Gasteiger charge is 2.47. The zero-order valence-corrected chi connectivity index (χ0v) is 24.4. The minimum atomic E-state index is -1.23. The highest BCUT2D eigenvalue weighted by Crippen LogP contribution is 2.46. The molecule has 180 valence electrons. The molecule has 1 aliphatic heterocycles. The second-order valence-electron chi connectivity index (χ2n) is 7.53. The van der Waals surface area contributed by atoms with Gasteiger partial charge in [-0.15, -0.1) is 0 Å². The Balaban J connectivity index is 1.81. The number of amides is 3. The maximum absolute atomic E-state index is 13.3. The van der Waals surface area contributed by atoms with Gasteiger partial charge in [0, 0.05) is 17.9 Å². The molecule has 1 aliphatic rings. The number of ether oxygens (including phenoxy) is 2. The van der Waals surface area contributed by atoms with E-state index in [4.69, 9.17) is 9.47 Å². The first kappa shape index (κ1) is 26.8. The van der Waals surface area contributed by atoms with E-state index in [1.165, 1.54) is 7.11 Å². The van der Waals surface area contributed by atoms with Gasteiger partial charge in [0.1, 0.15) is 11.8 Å². The fraction of sp³-hybridized carbons (Fsp3) is 0.273. The summed E-state index contributed by atoms with van der Waals surface area (Å²) >= 11 is 13.4. The second-order valence-corrected chi connectivity index (χ2v) is 10.7. The van der Waals surface area contributed by atoms with Crippen LogP contribution in [0.1, 0.15) is 34.6 Å². The van der Waals surface area contributed by atoms with E-state index < -0.39 is 42.3 Å². The van der Waals surface area contributed by atoms with Crippen LogP contribution in [0.2, 0.25) is 0 Å². The number of benzene rings is 2. The van der Waals surface area contributed by atoms with E-state index in [0.29, 0.717) is 29.3 Å².